The van der Waals surface area contributed by atoms with Crippen molar-refractivity contribution in [1.82, 2.24) is 10.3 Å². The quantitative estimate of drug-likeness (QED) is 0.822. The molecular formula is C10H14N2O3S. The molecule has 1 aliphatic heterocycles. The molecule has 0 amide bonds. The van der Waals surface area contributed by atoms with Gasteiger partial charge in [-0.05, 0) is 12.8 Å². The van der Waals surface area contributed by atoms with E-state index >= 15 is 0 Å². The second-order valence-electron chi connectivity index (χ2n) is 4.51. The minimum atomic E-state index is -2.94. The molecule has 1 saturated heterocycles. The molecule has 0 radical (unpaired) electrons. The Morgan fingerprint density at radius 2 is 2.25 bits per heavy atom. The fourth-order valence-corrected chi connectivity index (χ4v) is 3.33. The van der Waals surface area contributed by atoms with E-state index in [0.29, 0.717) is 18.4 Å². The summed E-state index contributed by atoms with van der Waals surface area (Å²) in [5, 5.41) is 3.13. The zero-order valence-corrected chi connectivity index (χ0v) is 9.66. The molecule has 1 aromatic rings. The van der Waals surface area contributed by atoms with Gasteiger partial charge in [-0.3, -0.25) is 0 Å². The highest BCUT2D eigenvalue weighted by Crippen LogP contribution is 2.39. The van der Waals surface area contributed by atoms with Crippen molar-refractivity contribution in [2.24, 2.45) is 0 Å². The van der Waals surface area contributed by atoms with Crippen molar-refractivity contribution in [3.05, 3.63) is 17.8 Å². The minimum Gasteiger partial charge on any atom is -0.447 e. The molecule has 1 N–H and O–H groups in total. The average Bonchev–Trinajstić information content (AvgIpc) is 2.95. The third-order valence-electron chi connectivity index (χ3n) is 3.06. The van der Waals surface area contributed by atoms with E-state index in [1.54, 1.807) is 6.26 Å². The van der Waals surface area contributed by atoms with Gasteiger partial charge in [0.1, 0.15) is 6.26 Å². The van der Waals surface area contributed by atoms with E-state index < -0.39 is 9.84 Å². The van der Waals surface area contributed by atoms with Crippen LogP contribution in [0.3, 0.4) is 0 Å². The summed E-state index contributed by atoms with van der Waals surface area (Å²) in [6, 6.07) is -0.272. The monoisotopic (exact) mass is 242 g/mol. The predicted octanol–water partition coefficient (Wildman–Crippen LogP) is 0.611. The molecule has 5 nitrogen and oxygen atoms in total. The molecule has 2 heterocycles. The van der Waals surface area contributed by atoms with E-state index in [4.69, 9.17) is 4.42 Å². The lowest BCUT2D eigenvalue weighted by molar-refractivity contribution is 0.412. The van der Waals surface area contributed by atoms with Gasteiger partial charge in [0.2, 0.25) is 5.89 Å². The summed E-state index contributed by atoms with van der Waals surface area (Å²) in [7, 11) is -2.94. The van der Waals surface area contributed by atoms with E-state index in [2.05, 4.69) is 10.3 Å². The fourth-order valence-electron chi connectivity index (χ4n) is 1.97. The number of hydrogen-bond acceptors (Lipinski definition) is 5. The molecule has 0 spiro atoms. The Morgan fingerprint density at radius 1 is 1.44 bits per heavy atom. The van der Waals surface area contributed by atoms with E-state index in [1.807, 2.05) is 0 Å². The van der Waals surface area contributed by atoms with Gasteiger partial charge < -0.3 is 9.73 Å². The van der Waals surface area contributed by atoms with Crippen molar-refractivity contribution in [3.8, 4) is 0 Å². The Morgan fingerprint density at radius 3 is 2.94 bits per heavy atom. The van der Waals surface area contributed by atoms with Crippen molar-refractivity contribution in [3.63, 3.8) is 0 Å². The summed E-state index contributed by atoms with van der Waals surface area (Å²) in [5.74, 6) is 1.36. The lowest BCUT2D eigenvalue weighted by atomic mass is 10.3. The summed E-state index contributed by atoms with van der Waals surface area (Å²) in [6.07, 6.45) is 4.00. The van der Waals surface area contributed by atoms with Gasteiger partial charge in [-0.2, -0.15) is 0 Å². The molecule has 1 unspecified atom stereocenters. The van der Waals surface area contributed by atoms with Crippen LogP contribution in [0, 0.1) is 0 Å². The summed E-state index contributed by atoms with van der Waals surface area (Å²) in [6.45, 7) is 0.480. The highest BCUT2D eigenvalue weighted by Gasteiger charge is 2.31. The van der Waals surface area contributed by atoms with Gasteiger partial charge in [-0.15, -0.1) is 0 Å². The van der Waals surface area contributed by atoms with Crippen LogP contribution in [0.15, 0.2) is 10.7 Å². The smallest absolute Gasteiger partial charge is 0.212 e. The first-order chi connectivity index (χ1) is 7.64. The minimum absolute atomic E-state index is 0.0949. The Balaban J connectivity index is 1.80. The average molecular weight is 242 g/mol. The number of hydrogen-bond donors (Lipinski definition) is 1. The Bertz CT molecular complexity index is 490. The van der Waals surface area contributed by atoms with Gasteiger partial charge in [-0.25, -0.2) is 13.4 Å². The van der Waals surface area contributed by atoms with Crippen molar-refractivity contribution >= 4 is 9.84 Å². The summed E-state index contributed by atoms with van der Waals surface area (Å²) in [5.41, 5.74) is 0.972. The molecule has 2 aliphatic rings. The van der Waals surface area contributed by atoms with Gasteiger partial charge in [0.25, 0.3) is 0 Å². The number of sulfone groups is 1. The third kappa shape index (κ3) is 1.99. The molecule has 2 fully saturated rings. The predicted molar refractivity (Wildman–Crippen MR) is 57.9 cm³/mol. The molecule has 6 heteroatoms. The Labute approximate surface area is 94.2 Å². The van der Waals surface area contributed by atoms with Crippen molar-refractivity contribution in [2.75, 3.05) is 18.1 Å². The Kier molecular flexibility index (Phi) is 2.29. The molecule has 1 atom stereocenters. The summed E-state index contributed by atoms with van der Waals surface area (Å²) < 4.78 is 28.3. The highest BCUT2D eigenvalue weighted by atomic mass is 32.2. The van der Waals surface area contributed by atoms with Gasteiger partial charge >= 0.3 is 0 Å². The maximum absolute atomic E-state index is 11.5. The van der Waals surface area contributed by atoms with Crippen LogP contribution in [0.25, 0.3) is 0 Å². The summed E-state index contributed by atoms with van der Waals surface area (Å²) >= 11 is 0. The van der Waals surface area contributed by atoms with Crippen LogP contribution < -0.4 is 5.32 Å². The second-order valence-corrected chi connectivity index (χ2v) is 6.73. The first-order valence-electron chi connectivity index (χ1n) is 5.53. The van der Waals surface area contributed by atoms with Crippen LogP contribution in [0.4, 0.5) is 0 Å². The SMILES string of the molecule is O=S1(=O)CCNC(c2nc(C3CC3)co2)C1. The number of nitrogens with zero attached hydrogens (tertiary/aromatic N) is 1. The van der Waals surface area contributed by atoms with Crippen LogP contribution in [0.1, 0.15) is 36.4 Å². The van der Waals surface area contributed by atoms with Crippen molar-refractivity contribution < 1.29 is 12.8 Å². The van der Waals surface area contributed by atoms with Crippen LogP contribution >= 0.6 is 0 Å². The molecule has 0 bridgehead atoms. The van der Waals surface area contributed by atoms with Gasteiger partial charge in [0.15, 0.2) is 9.84 Å². The van der Waals surface area contributed by atoms with Crippen LogP contribution in [-0.4, -0.2) is 31.5 Å². The zero-order valence-electron chi connectivity index (χ0n) is 8.85. The Hall–Kier alpha value is -0.880. The zero-order chi connectivity index (χ0) is 11.2. The van der Waals surface area contributed by atoms with Crippen LogP contribution in [-0.2, 0) is 9.84 Å². The first-order valence-corrected chi connectivity index (χ1v) is 7.35. The van der Waals surface area contributed by atoms with Gasteiger partial charge in [0, 0.05) is 12.5 Å². The van der Waals surface area contributed by atoms with E-state index in [-0.39, 0.29) is 17.5 Å². The van der Waals surface area contributed by atoms with Gasteiger partial charge in [-0.1, -0.05) is 0 Å². The lowest BCUT2D eigenvalue weighted by Crippen LogP contribution is -2.39. The van der Waals surface area contributed by atoms with E-state index in [9.17, 15) is 8.42 Å². The van der Waals surface area contributed by atoms with E-state index in [0.717, 1.165) is 5.69 Å². The van der Waals surface area contributed by atoms with Gasteiger partial charge in [0.05, 0.1) is 23.2 Å². The fraction of sp³-hybridized carbons (Fsp3) is 0.700. The largest absolute Gasteiger partial charge is 0.447 e. The topological polar surface area (TPSA) is 72.2 Å². The van der Waals surface area contributed by atoms with Crippen molar-refractivity contribution in [1.29, 1.82) is 0 Å². The molecule has 1 saturated carbocycles. The molecular weight excluding hydrogens is 228 g/mol. The second kappa shape index (κ2) is 3.56. The van der Waals surface area contributed by atoms with Crippen LogP contribution in [0.2, 0.25) is 0 Å². The van der Waals surface area contributed by atoms with Crippen LogP contribution in [0.5, 0.6) is 0 Å². The van der Waals surface area contributed by atoms with Crippen molar-refractivity contribution in [2.45, 2.75) is 24.8 Å². The molecule has 88 valence electrons. The highest BCUT2D eigenvalue weighted by molar-refractivity contribution is 7.91. The standard InChI is InChI=1S/C10H14N2O3S/c13-16(14)4-3-11-9(6-16)10-12-8(5-15-10)7-1-2-7/h5,7,9,11H,1-4,6H2. The number of aromatic nitrogens is 1. The maximum Gasteiger partial charge on any atom is 0.212 e. The number of oxazole rings is 1. The normalized spacial score (nSPS) is 29.1. The van der Waals surface area contributed by atoms with E-state index in [1.165, 1.54) is 12.8 Å². The molecule has 0 aromatic carbocycles. The molecule has 1 aliphatic carbocycles. The number of rotatable bonds is 2. The summed E-state index contributed by atoms with van der Waals surface area (Å²) in [4.78, 5) is 4.37. The first kappa shape index (κ1) is 10.3. The lowest BCUT2D eigenvalue weighted by Gasteiger charge is -2.20. The molecule has 3 rings (SSSR count). The molecule has 16 heavy (non-hydrogen) atoms. The maximum atomic E-state index is 11.5. The number of nitrogens with one attached hydrogen (secondary N) is 1. The molecule has 1 aromatic heterocycles. The third-order valence-corrected chi connectivity index (χ3v) is 4.73.